The lowest BCUT2D eigenvalue weighted by Crippen LogP contribution is -2.36. The second kappa shape index (κ2) is 14.2. The van der Waals surface area contributed by atoms with Gasteiger partial charge in [-0.25, -0.2) is 0 Å². The van der Waals surface area contributed by atoms with Crippen molar-refractivity contribution in [3.8, 4) is 34.1 Å². The minimum Gasteiger partial charge on any atom is -0.497 e. The zero-order valence-electron chi connectivity index (χ0n) is 26.3. The molecule has 0 aliphatic heterocycles. The van der Waals surface area contributed by atoms with E-state index in [-0.39, 0.29) is 41.4 Å². The number of methoxy groups -OCH3 is 4. The summed E-state index contributed by atoms with van der Waals surface area (Å²) in [5.74, 6) is 1.82. The fourth-order valence-corrected chi connectivity index (χ4v) is 5.70. The summed E-state index contributed by atoms with van der Waals surface area (Å²) in [5, 5.41) is 9.10. The van der Waals surface area contributed by atoms with E-state index in [4.69, 9.17) is 18.9 Å². The summed E-state index contributed by atoms with van der Waals surface area (Å²) < 4.78 is 22.3. The van der Waals surface area contributed by atoms with Crippen molar-refractivity contribution in [1.82, 2.24) is 10.6 Å². The molecular formula is C34H41N3O7. The number of aryl methyl sites for hydroxylation is 1. The van der Waals surface area contributed by atoms with Gasteiger partial charge in [-0.05, 0) is 71.3 Å². The molecule has 2 amide bonds. The summed E-state index contributed by atoms with van der Waals surface area (Å²) in [6.07, 6.45) is 1.15. The lowest BCUT2D eigenvalue weighted by Gasteiger charge is -2.23. The third-order valence-corrected chi connectivity index (χ3v) is 7.81. The Bertz CT molecular complexity index is 1570. The Labute approximate surface area is 258 Å². The van der Waals surface area contributed by atoms with Gasteiger partial charge in [-0.15, -0.1) is 0 Å². The number of hydrogen-bond donors (Lipinski definition) is 3. The zero-order chi connectivity index (χ0) is 32.0. The molecule has 1 aliphatic rings. The van der Waals surface area contributed by atoms with Gasteiger partial charge in [0.05, 0.1) is 52.8 Å². The van der Waals surface area contributed by atoms with E-state index in [2.05, 4.69) is 16.0 Å². The standard InChI is InChI=1S/C34H41N3O7/c1-19(2)32(21-8-11-23(41-4)12-9-21)37-30(40)18-35-27-15-13-24-25(17-28(27)39)26(36-20(3)38)14-10-22-16-29(42-5)33(43-6)34(44-7)31(22)24/h8-9,11-13,15-17,19,26,32H,10,14,18H2,1-7H3,(H,35,39)(H,36,38)(H,37,40)/t26-,32+/m0/s1. The average Bonchev–Trinajstić information content (AvgIpc) is 3.25. The molecule has 2 atom stereocenters. The molecule has 1 aliphatic carbocycles. The van der Waals surface area contributed by atoms with Gasteiger partial charge in [0.25, 0.3) is 0 Å². The lowest BCUT2D eigenvalue weighted by atomic mass is 9.95. The SMILES string of the molecule is COc1ccc([C@H](NC(=O)CNc2ccc3c(cc2=O)[C@@H](NC(C)=O)CCc2cc(OC)c(OC)c(OC)c2-3)C(C)C)cc1. The molecule has 0 saturated heterocycles. The number of carbonyl (C=O) groups excluding carboxylic acids is 2. The van der Waals surface area contributed by atoms with E-state index in [0.29, 0.717) is 41.2 Å². The van der Waals surface area contributed by atoms with Crippen molar-refractivity contribution in [3.05, 3.63) is 75.4 Å². The highest BCUT2D eigenvalue weighted by Crippen LogP contribution is 2.50. The van der Waals surface area contributed by atoms with Gasteiger partial charge in [-0.2, -0.15) is 0 Å². The number of anilines is 1. The monoisotopic (exact) mass is 603 g/mol. The van der Waals surface area contributed by atoms with Gasteiger partial charge in [-0.1, -0.05) is 32.0 Å². The molecule has 0 radical (unpaired) electrons. The van der Waals surface area contributed by atoms with Crippen molar-refractivity contribution in [2.45, 2.75) is 45.7 Å². The maximum absolute atomic E-state index is 13.6. The highest BCUT2D eigenvalue weighted by atomic mass is 16.5. The summed E-state index contributed by atoms with van der Waals surface area (Å²) in [6.45, 7) is 5.41. The van der Waals surface area contributed by atoms with Crippen LogP contribution in [0.2, 0.25) is 0 Å². The predicted octanol–water partition coefficient (Wildman–Crippen LogP) is 4.80. The fourth-order valence-electron chi connectivity index (χ4n) is 5.70. The van der Waals surface area contributed by atoms with Crippen LogP contribution in [0.3, 0.4) is 0 Å². The fraction of sp³-hybridized carbons (Fsp3) is 0.382. The second-order valence-corrected chi connectivity index (χ2v) is 11.0. The first-order valence-electron chi connectivity index (χ1n) is 14.6. The van der Waals surface area contributed by atoms with E-state index in [0.717, 1.165) is 22.4 Å². The molecule has 10 heteroatoms. The maximum atomic E-state index is 13.6. The minimum atomic E-state index is -0.427. The number of benzene rings is 2. The van der Waals surface area contributed by atoms with Gasteiger partial charge >= 0.3 is 0 Å². The second-order valence-electron chi connectivity index (χ2n) is 11.0. The summed E-state index contributed by atoms with van der Waals surface area (Å²) in [4.78, 5) is 38.8. The Morgan fingerprint density at radius 2 is 1.61 bits per heavy atom. The lowest BCUT2D eigenvalue weighted by molar-refractivity contribution is -0.121. The van der Waals surface area contributed by atoms with Crippen LogP contribution in [0, 0.1) is 5.92 Å². The third kappa shape index (κ3) is 6.90. The van der Waals surface area contributed by atoms with Crippen molar-refractivity contribution < 1.29 is 28.5 Å². The van der Waals surface area contributed by atoms with Crippen molar-refractivity contribution >= 4 is 17.5 Å². The van der Waals surface area contributed by atoms with E-state index in [9.17, 15) is 14.4 Å². The van der Waals surface area contributed by atoms with Gasteiger partial charge in [0, 0.05) is 12.5 Å². The third-order valence-electron chi connectivity index (χ3n) is 7.81. The van der Waals surface area contributed by atoms with Gasteiger partial charge in [0.15, 0.2) is 11.5 Å². The molecule has 0 heterocycles. The molecule has 3 aromatic rings. The summed E-state index contributed by atoms with van der Waals surface area (Å²) >= 11 is 0. The van der Waals surface area contributed by atoms with Gasteiger partial charge in [0.2, 0.25) is 23.0 Å². The van der Waals surface area contributed by atoms with Crippen molar-refractivity contribution in [1.29, 1.82) is 0 Å². The Balaban J connectivity index is 1.70. The Hall–Kier alpha value is -4.73. The van der Waals surface area contributed by atoms with Crippen LogP contribution in [0.4, 0.5) is 5.69 Å². The van der Waals surface area contributed by atoms with Crippen LogP contribution in [-0.4, -0.2) is 46.8 Å². The first-order chi connectivity index (χ1) is 21.1. The molecule has 0 unspecified atom stereocenters. The quantitative estimate of drug-likeness (QED) is 0.286. The van der Waals surface area contributed by atoms with Gasteiger partial charge in [0.1, 0.15) is 5.75 Å². The Morgan fingerprint density at radius 3 is 2.20 bits per heavy atom. The highest BCUT2D eigenvalue weighted by Gasteiger charge is 2.29. The summed E-state index contributed by atoms with van der Waals surface area (Å²) in [6, 6.07) is 13.8. The number of carbonyl (C=O) groups is 2. The molecule has 44 heavy (non-hydrogen) atoms. The Morgan fingerprint density at radius 1 is 0.909 bits per heavy atom. The molecule has 0 saturated carbocycles. The van der Waals surface area contributed by atoms with Crippen LogP contribution in [0.15, 0.2) is 53.3 Å². The van der Waals surface area contributed by atoms with Crippen molar-refractivity contribution in [2.75, 3.05) is 40.3 Å². The zero-order valence-corrected chi connectivity index (χ0v) is 26.3. The molecule has 10 nitrogen and oxygen atoms in total. The number of fused-ring (bicyclic) bond motifs is 3. The first kappa shape index (κ1) is 32.2. The van der Waals surface area contributed by atoms with Crippen LogP contribution in [-0.2, 0) is 16.0 Å². The summed E-state index contributed by atoms with van der Waals surface area (Å²) in [7, 11) is 6.26. The number of ether oxygens (including phenoxy) is 4. The number of nitrogens with one attached hydrogen (secondary N) is 3. The molecule has 0 aromatic heterocycles. The van der Waals surface area contributed by atoms with E-state index < -0.39 is 6.04 Å². The van der Waals surface area contributed by atoms with E-state index in [1.54, 1.807) is 27.4 Å². The highest BCUT2D eigenvalue weighted by molar-refractivity contribution is 5.84. The van der Waals surface area contributed by atoms with Crippen molar-refractivity contribution in [3.63, 3.8) is 0 Å². The first-order valence-corrected chi connectivity index (χ1v) is 14.6. The number of amides is 2. The number of rotatable bonds is 11. The molecular weight excluding hydrogens is 562 g/mol. The van der Waals surface area contributed by atoms with Crippen LogP contribution >= 0.6 is 0 Å². The smallest absolute Gasteiger partial charge is 0.239 e. The topological polar surface area (TPSA) is 124 Å². The molecule has 3 aromatic carbocycles. The van der Waals surface area contributed by atoms with Crippen LogP contribution in [0.5, 0.6) is 23.0 Å². The molecule has 3 N–H and O–H groups in total. The van der Waals surface area contributed by atoms with E-state index >= 15 is 0 Å². The largest absolute Gasteiger partial charge is 0.497 e. The maximum Gasteiger partial charge on any atom is 0.239 e. The predicted molar refractivity (Wildman–Crippen MR) is 170 cm³/mol. The van der Waals surface area contributed by atoms with E-state index in [1.165, 1.54) is 20.1 Å². The normalized spacial score (nSPS) is 14.3. The molecule has 234 valence electrons. The van der Waals surface area contributed by atoms with Crippen molar-refractivity contribution in [2.24, 2.45) is 5.92 Å². The molecule has 0 bridgehead atoms. The van der Waals surface area contributed by atoms with Gasteiger partial charge < -0.3 is 34.9 Å². The minimum absolute atomic E-state index is 0.108. The number of hydrogen-bond acceptors (Lipinski definition) is 8. The molecule has 0 fully saturated rings. The molecule has 4 rings (SSSR count). The average molecular weight is 604 g/mol. The molecule has 0 spiro atoms. The van der Waals surface area contributed by atoms with Gasteiger partial charge in [-0.3, -0.25) is 14.4 Å². The van der Waals surface area contributed by atoms with E-state index in [1.807, 2.05) is 50.2 Å². The Kier molecular flexibility index (Phi) is 10.4. The summed E-state index contributed by atoms with van der Waals surface area (Å²) in [5.41, 5.74) is 3.94. The van der Waals surface area contributed by atoms with Crippen LogP contribution < -0.4 is 40.3 Å². The van der Waals surface area contributed by atoms with Crippen LogP contribution in [0.25, 0.3) is 11.1 Å². The van der Waals surface area contributed by atoms with Crippen LogP contribution in [0.1, 0.15) is 56.0 Å².